The Bertz CT molecular complexity index is 1050. The number of carbonyl (C=O) groups excluding carboxylic acids is 1. The Morgan fingerprint density at radius 2 is 1.96 bits per heavy atom. The first-order valence-corrected chi connectivity index (χ1v) is 8.84. The fourth-order valence-corrected chi connectivity index (χ4v) is 3.71. The van der Waals surface area contributed by atoms with Gasteiger partial charge in [0.15, 0.2) is 0 Å². The lowest BCUT2D eigenvalue weighted by molar-refractivity contribution is 0.103. The summed E-state index contributed by atoms with van der Waals surface area (Å²) in [5.41, 5.74) is 1.60. The first-order valence-electron chi connectivity index (χ1n) is 8.02. The lowest BCUT2D eigenvalue weighted by Gasteiger charge is -2.08. The van der Waals surface area contributed by atoms with E-state index in [1.165, 1.54) is 11.3 Å². The van der Waals surface area contributed by atoms with E-state index in [0.29, 0.717) is 22.1 Å². The Hall–Kier alpha value is -3.19. The van der Waals surface area contributed by atoms with E-state index in [2.05, 4.69) is 15.4 Å². The summed E-state index contributed by atoms with van der Waals surface area (Å²) in [6, 6.07) is 12.7. The molecule has 0 saturated carbocycles. The summed E-state index contributed by atoms with van der Waals surface area (Å²) in [5, 5.41) is 8.30. The van der Waals surface area contributed by atoms with Crippen LogP contribution >= 0.6 is 11.3 Å². The van der Waals surface area contributed by atoms with E-state index in [1.807, 2.05) is 38.2 Å². The van der Waals surface area contributed by atoms with Crippen molar-refractivity contribution in [1.82, 2.24) is 14.8 Å². The SMILES string of the molecule is Cc1nn(C)c2sc(C(=O)Nc3cccc(Oc4ccncc4)c3)cc12. The molecule has 130 valence electrons. The third-order valence-corrected chi connectivity index (χ3v) is 5.10. The standard InChI is InChI=1S/C19H16N4O2S/c1-12-16-11-17(26-19(16)23(2)22-12)18(24)21-13-4-3-5-15(10-13)25-14-6-8-20-9-7-14/h3-11H,1-2H3,(H,21,24). The molecule has 0 radical (unpaired) electrons. The predicted octanol–water partition coefficient (Wildman–Crippen LogP) is 4.38. The molecular weight excluding hydrogens is 348 g/mol. The smallest absolute Gasteiger partial charge is 0.265 e. The second-order valence-electron chi connectivity index (χ2n) is 5.81. The normalized spacial score (nSPS) is 10.8. The molecule has 0 aliphatic rings. The summed E-state index contributed by atoms with van der Waals surface area (Å²) < 4.78 is 7.57. The number of benzene rings is 1. The maximum atomic E-state index is 12.6. The number of carbonyl (C=O) groups is 1. The van der Waals surface area contributed by atoms with Crippen LogP contribution in [0.2, 0.25) is 0 Å². The first-order chi connectivity index (χ1) is 12.6. The number of thiophene rings is 1. The Morgan fingerprint density at radius 3 is 2.73 bits per heavy atom. The molecule has 0 aliphatic heterocycles. The van der Waals surface area contributed by atoms with Crippen molar-refractivity contribution in [2.45, 2.75) is 6.92 Å². The summed E-state index contributed by atoms with van der Waals surface area (Å²) in [7, 11) is 1.88. The Morgan fingerprint density at radius 1 is 1.15 bits per heavy atom. The fraction of sp³-hybridized carbons (Fsp3) is 0.105. The van der Waals surface area contributed by atoms with E-state index >= 15 is 0 Å². The van der Waals surface area contributed by atoms with E-state index in [4.69, 9.17) is 4.74 Å². The number of rotatable bonds is 4. The van der Waals surface area contributed by atoms with Crippen molar-refractivity contribution in [3.63, 3.8) is 0 Å². The minimum absolute atomic E-state index is 0.147. The van der Waals surface area contributed by atoms with Crippen molar-refractivity contribution in [1.29, 1.82) is 0 Å². The van der Waals surface area contributed by atoms with Crippen molar-refractivity contribution >= 4 is 33.1 Å². The minimum atomic E-state index is -0.147. The molecule has 26 heavy (non-hydrogen) atoms. The quantitative estimate of drug-likeness (QED) is 0.583. The molecule has 4 rings (SSSR count). The third kappa shape index (κ3) is 3.16. The van der Waals surface area contributed by atoms with Crippen molar-refractivity contribution in [2.75, 3.05) is 5.32 Å². The highest BCUT2D eigenvalue weighted by Gasteiger charge is 2.15. The number of ether oxygens (including phenoxy) is 1. The highest BCUT2D eigenvalue weighted by Crippen LogP contribution is 2.29. The predicted molar refractivity (Wildman–Crippen MR) is 102 cm³/mol. The average molecular weight is 364 g/mol. The number of pyridine rings is 1. The van der Waals surface area contributed by atoms with Crippen LogP contribution in [0.15, 0.2) is 54.9 Å². The van der Waals surface area contributed by atoms with Crippen LogP contribution in [-0.2, 0) is 7.05 Å². The van der Waals surface area contributed by atoms with Crippen LogP contribution in [0.25, 0.3) is 10.2 Å². The summed E-state index contributed by atoms with van der Waals surface area (Å²) in [5.74, 6) is 1.19. The number of fused-ring (bicyclic) bond motifs is 1. The van der Waals surface area contributed by atoms with Gasteiger partial charge >= 0.3 is 0 Å². The maximum Gasteiger partial charge on any atom is 0.265 e. The van der Waals surface area contributed by atoms with Gasteiger partial charge in [-0.25, -0.2) is 0 Å². The van der Waals surface area contributed by atoms with Gasteiger partial charge in [0, 0.05) is 36.6 Å². The molecular formula is C19H16N4O2S. The van der Waals surface area contributed by atoms with Crippen LogP contribution in [-0.4, -0.2) is 20.7 Å². The number of aryl methyl sites for hydroxylation is 2. The van der Waals surface area contributed by atoms with Crippen LogP contribution in [0, 0.1) is 6.92 Å². The van der Waals surface area contributed by atoms with Crippen molar-refractivity contribution < 1.29 is 9.53 Å². The van der Waals surface area contributed by atoms with Crippen molar-refractivity contribution in [2.24, 2.45) is 7.05 Å². The molecule has 0 fully saturated rings. The van der Waals surface area contributed by atoms with Gasteiger partial charge in [-0.1, -0.05) is 6.07 Å². The van der Waals surface area contributed by atoms with Crippen LogP contribution in [0.1, 0.15) is 15.4 Å². The third-order valence-electron chi connectivity index (χ3n) is 3.90. The van der Waals surface area contributed by atoms with Gasteiger partial charge in [-0.05, 0) is 37.3 Å². The van der Waals surface area contributed by atoms with Gasteiger partial charge in [0.05, 0.1) is 10.6 Å². The largest absolute Gasteiger partial charge is 0.457 e. The van der Waals surface area contributed by atoms with Gasteiger partial charge < -0.3 is 10.1 Å². The second kappa shape index (κ2) is 6.61. The summed E-state index contributed by atoms with van der Waals surface area (Å²) in [6.07, 6.45) is 3.33. The van der Waals surface area contributed by atoms with Gasteiger partial charge in [-0.3, -0.25) is 14.5 Å². The number of hydrogen-bond donors (Lipinski definition) is 1. The van der Waals surface area contributed by atoms with Crippen LogP contribution in [0.5, 0.6) is 11.5 Å². The molecule has 3 heterocycles. The first kappa shape index (κ1) is 16.3. The highest BCUT2D eigenvalue weighted by molar-refractivity contribution is 7.20. The molecule has 3 aromatic heterocycles. The number of nitrogens with one attached hydrogen (secondary N) is 1. The molecule has 0 atom stereocenters. The zero-order chi connectivity index (χ0) is 18.1. The van der Waals surface area contributed by atoms with Gasteiger partial charge in [-0.2, -0.15) is 5.10 Å². The molecule has 0 bridgehead atoms. The zero-order valence-electron chi connectivity index (χ0n) is 14.3. The van der Waals surface area contributed by atoms with Crippen LogP contribution in [0.3, 0.4) is 0 Å². The molecule has 0 unspecified atom stereocenters. The molecule has 4 aromatic rings. The number of anilines is 1. The Labute approximate surface area is 154 Å². The zero-order valence-corrected chi connectivity index (χ0v) is 15.1. The summed E-state index contributed by atoms with van der Waals surface area (Å²) in [6.45, 7) is 1.94. The number of nitrogens with zero attached hydrogens (tertiary/aromatic N) is 3. The lowest BCUT2D eigenvalue weighted by Crippen LogP contribution is -2.10. The molecule has 6 nitrogen and oxygen atoms in total. The molecule has 0 saturated heterocycles. The van der Waals surface area contributed by atoms with Crippen molar-refractivity contribution in [3.8, 4) is 11.5 Å². The molecule has 7 heteroatoms. The number of hydrogen-bond acceptors (Lipinski definition) is 5. The van der Waals surface area contributed by atoms with E-state index in [0.717, 1.165) is 15.9 Å². The topological polar surface area (TPSA) is 69.0 Å². The second-order valence-corrected chi connectivity index (χ2v) is 6.84. The van der Waals surface area contributed by atoms with Gasteiger partial charge in [0.1, 0.15) is 16.3 Å². The monoisotopic (exact) mass is 364 g/mol. The van der Waals surface area contributed by atoms with E-state index in [-0.39, 0.29) is 5.91 Å². The van der Waals surface area contributed by atoms with E-state index in [9.17, 15) is 4.79 Å². The summed E-state index contributed by atoms with van der Waals surface area (Å²) in [4.78, 5) is 18.2. The maximum absolute atomic E-state index is 12.6. The van der Waals surface area contributed by atoms with Gasteiger partial charge in [0.25, 0.3) is 5.91 Å². The average Bonchev–Trinajstić information content (AvgIpc) is 3.18. The van der Waals surface area contributed by atoms with Crippen LogP contribution in [0.4, 0.5) is 5.69 Å². The van der Waals surface area contributed by atoms with E-state index in [1.54, 1.807) is 35.3 Å². The van der Waals surface area contributed by atoms with Gasteiger partial charge in [-0.15, -0.1) is 11.3 Å². The molecule has 0 aliphatic carbocycles. The number of amides is 1. The van der Waals surface area contributed by atoms with E-state index < -0.39 is 0 Å². The molecule has 1 N–H and O–H groups in total. The Kier molecular flexibility index (Phi) is 4.14. The van der Waals surface area contributed by atoms with Crippen LogP contribution < -0.4 is 10.1 Å². The lowest BCUT2D eigenvalue weighted by atomic mass is 10.2. The molecule has 1 amide bonds. The van der Waals surface area contributed by atoms with Gasteiger partial charge in [0.2, 0.25) is 0 Å². The number of aromatic nitrogens is 3. The van der Waals surface area contributed by atoms with Crippen molar-refractivity contribution in [3.05, 3.63) is 65.4 Å². The molecule has 0 spiro atoms. The fourth-order valence-electron chi connectivity index (χ4n) is 2.69. The molecule has 1 aromatic carbocycles. The Balaban J connectivity index is 1.53. The highest BCUT2D eigenvalue weighted by atomic mass is 32.1. The summed E-state index contributed by atoms with van der Waals surface area (Å²) >= 11 is 1.43. The minimum Gasteiger partial charge on any atom is -0.457 e.